The van der Waals surface area contributed by atoms with Crippen LogP contribution in [0.1, 0.15) is 21.7 Å². The molecule has 7 nitrogen and oxygen atoms in total. The van der Waals surface area contributed by atoms with Crippen LogP contribution in [0.25, 0.3) is 10.9 Å². The van der Waals surface area contributed by atoms with Crippen LogP contribution >= 0.6 is 0 Å². The van der Waals surface area contributed by atoms with Crippen molar-refractivity contribution in [2.45, 2.75) is 13.5 Å². The van der Waals surface area contributed by atoms with E-state index in [-0.39, 0.29) is 18.5 Å². The first-order chi connectivity index (χ1) is 12.4. The van der Waals surface area contributed by atoms with Crippen LogP contribution in [-0.2, 0) is 6.54 Å². The van der Waals surface area contributed by atoms with Crippen LogP contribution in [0, 0.1) is 6.92 Å². The molecule has 134 valence electrons. The predicted molar refractivity (Wildman–Crippen MR) is 101 cm³/mol. The maximum atomic E-state index is 13.1. The summed E-state index contributed by atoms with van der Waals surface area (Å²) in [6, 6.07) is 10.7. The van der Waals surface area contributed by atoms with Gasteiger partial charge in [-0.3, -0.25) is 14.3 Å². The van der Waals surface area contributed by atoms with Crippen LogP contribution in [0.5, 0.6) is 0 Å². The highest BCUT2D eigenvalue weighted by Gasteiger charge is 2.18. The highest BCUT2D eigenvalue weighted by Crippen LogP contribution is 2.28. The van der Waals surface area contributed by atoms with Gasteiger partial charge in [0.05, 0.1) is 23.4 Å². The van der Waals surface area contributed by atoms with E-state index < -0.39 is 0 Å². The highest BCUT2D eigenvalue weighted by molar-refractivity contribution is 6.06. The number of nitrogens with zero attached hydrogens (tertiary/aromatic N) is 3. The van der Waals surface area contributed by atoms with Gasteiger partial charge in [0.1, 0.15) is 0 Å². The lowest BCUT2D eigenvalue weighted by atomic mass is 10.2. The second-order valence-corrected chi connectivity index (χ2v) is 6.25. The summed E-state index contributed by atoms with van der Waals surface area (Å²) < 4.78 is 1.61. The van der Waals surface area contributed by atoms with Gasteiger partial charge in [0.2, 0.25) is 0 Å². The Bertz CT molecular complexity index is 991. The molecule has 2 amide bonds. The molecule has 0 saturated heterocycles. The normalized spacial score (nSPS) is 10.7. The summed E-state index contributed by atoms with van der Waals surface area (Å²) in [6.07, 6.45) is 1.56. The summed E-state index contributed by atoms with van der Waals surface area (Å²) in [5, 5.41) is 3.59. The number of carbonyl (C=O) groups is 2. The summed E-state index contributed by atoms with van der Waals surface area (Å²) in [4.78, 5) is 30.4. The number of nitrogen functional groups attached to an aromatic ring is 1. The topological polar surface area (TPSA) is 93.2 Å². The molecule has 0 spiro atoms. The van der Waals surface area contributed by atoms with Crippen LogP contribution in [0.3, 0.4) is 0 Å². The number of hydrogen-bond donors (Lipinski definition) is 2. The molecule has 0 unspecified atom stereocenters. The Kier molecular flexibility index (Phi) is 4.62. The minimum absolute atomic E-state index is 0.182. The summed E-state index contributed by atoms with van der Waals surface area (Å²) >= 11 is 0. The molecular weight excluding hydrogens is 330 g/mol. The van der Waals surface area contributed by atoms with Crippen molar-refractivity contribution in [3.8, 4) is 0 Å². The number of aromatic nitrogens is 2. The van der Waals surface area contributed by atoms with Gasteiger partial charge in [0.25, 0.3) is 5.91 Å². The smallest absolute Gasteiger partial charge is 0.317 e. The number of nitrogens with two attached hydrogens (primary N) is 1. The van der Waals surface area contributed by atoms with Gasteiger partial charge in [-0.1, -0.05) is 18.2 Å². The number of urea groups is 1. The van der Waals surface area contributed by atoms with Gasteiger partial charge < -0.3 is 16.0 Å². The Morgan fingerprint density at radius 3 is 2.69 bits per heavy atom. The quantitative estimate of drug-likeness (QED) is 0.758. The first kappa shape index (κ1) is 17.5. The third kappa shape index (κ3) is 3.11. The van der Waals surface area contributed by atoms with Gasteiger partial charge in [-0.25, -0.2) is 4.79 Å². The molecule has 0 saturated carbocycles. The Morgan fingerprint density at radius 2 is 1.96 bits per heavy atom. The summed E-state index contributed by atoms with van der Waals surface area (Å²) in [5.41, 5.74) is 9.32. The Balaban J connectivity index is 1.93. The molecule has 3 rings (SSSR count). The third-order valence-corrected chi connectivity index (χ3v) is 4.25. The summed E-state index contributed by atoms with van der Waals surface area (Å²) in [6.45, 7) is 2.07. The minimum Gasteiger partial charge on any atom is -0.397 e. The van der Waals surface area contributed by atoms with E-state index >= 15 is 0 Å². The lowest BCUT2D eigenvalue weighted by molar-refractivity contribution is 0.0963. The molecule has 0 aliphatic rings. The van der Waals surface area contributed by atoms with E-state index in [4.69, 9.17) is 5.73 Å². The fourth-order valence-electron chi connectivity index (χ4n) is 2.82. The van der Waals surface area contributed by atoms with Crippen molar-refractivity contribution in [1.29, 1.82) is 0 Å². The van der Waals surface area contributed by atoms with Crippen molar-refractivity contribution in [2.75, 3.05) is 19.8 Å². The van der Waals surface area contributed by atoms with E-state index in [9.17, 15) is 9.59 Å². The van der Waals surface area contributed by atoms with Crippen LogP contribution in [0.2, 0.25) is 0 Å². The molecule has 0 bridgehead atoms. The van der Waals surface area contributed by atoms with Crippen LogP contribution in [-0.4, -0.2) is 40.5 Å². The van der Waals surface area contributed by atoms with Crippen molar-refractivity contribution < 1.29 is 9.59 Å². The molecule has 0 aliphatic heterocycles. The average molecular weight is 351 g/mol. The molecular formula is C19H21N5O2. The van der Waals surface area contributed by atoms with E-state index in [1.165, 1.54) is 4.90 Å². The predicted octanol–water partition coefficient (Wildman–Crippen LogP) is 2.39. The second kappa shape index (κ2) is 6.87. The van der Waals surface area contributed by atoms with E-state index in [2.05, 4.69) is 10.3 Å². The third-order valence-electron chi connectivity index (χ3n) is 4.25. The number of para-hydroxylation sites is 1. The number of benzene rings is 1. The molecule has 3 aromatic rings. The van der Waals surface area contributed by atoms with Gasteiger partial charge in [0, 0.05) is 36.9 Å². The largest absolute Gasteiger partial charge is 0.397 e. The fraction of sp³-hybridized carbons (Fsp3) is 0.211. The highest BCUT2D eigenvalue weighted by atomic mass is 16.2. The number of hydrogen-bond acceptors (Lipinski definition) is 4. The number of rotatable bonds is 3. The number of anilines is 1. The zero-order valence-electron chi connectivity index (χ0n) is 15.0. The van der Waals surface area contributed by atoms with Crippen LogP contribution in [0.15, 0.2) is 42.6 Å². The molecule has 26 heavy (non-hydrogen) atoms. The van der Waals surface area contributed by atoms with Crippen molar-refractivity contribution in [3.05, 3.63) is 59.5 Å². The van der Waals surface area contributed by atoms with Crippen molar-refractivity contribution in [1.82, 2.24) is 19.8 Å². The Labute approximate surface area is 151 Å². The maximum absolute atomic E-state index is 13.1. The van der Waals surface area contributed by atoms with E-state index in [1.807, 2.05) is 31.2 Å². The van der Waals surface area contributed by atoms with Gasteiger partial charge in [-0.15, -0.1) is 0 Å². The molecule has 2 heterocycles. The zero-order valence-corrected chi connectivity index (χ0v) is 15.0. The molecule has 0 aliphatic carbocycles. The standard InChI is InChI=1S/C19H21N5O2/c1-12-17(20)15-6-4-5-7-16(15)24(12)18(25)13-8-9-21-14(10-13)11-22-19(26)23(2)3/h4-10H,11,20H2,1-3H3,(H,22,26). The fourth-order valence-corrected chi connectivity index (χ4v) is 2.82. The Morgan fingerprint density at radius 1 is 1.23 bits per heavy atom. The number of pyridine rings is 1. The van der Waals surface area contributed by atoms with Gasteiger partial charge in [0.15, 0.2) is 0 Å². The zero-order chi connectivity index (χ0) is 18.8. The average Bonchev–Trinajstić information content (AvgIpc) is 2.90. The van der Waals surface area contributed by atoms with E-state index in [0.717, 1.165) is 10.9 Å². The molecule has 1 aromatic carbocycles. The van der Waals surface area contributed by atoms with Crippen LogP contribution in [0.4, 0.5) is 10.5 Å². The van der Waals surface area contributed by atoms with Crippen molar-refractivity contribution in [2.24, 2.45) is 0 Å². The summed E-state index contributed by atoms with van der Waals surface area (Å²) in [5.74, 6) is -0.182. The van der Waals surface area contributed by atoms with E-state index in [1.54, 1.807) is 37.0 Å². The molecule has 0 atom stereocenters. The first-order valence-electron chi connectivity index (χ1n) is 8.20. The van der Waals surface area contributed by atoms with Crippen molar-refractivity contribution >= 4 is 28.5 Å². The number of carbonyl (C=O) groups excluding carboxylic acids is 2. The van der Waals surface area contributed by atoms with Gasteiger partial charge >= 0.3 is 6.03 Å². The van der Waals surface area contributed by atoms with Gasteiger partial charge in [-0.05, 0) is 25.1 Å². The Hall–Kier alpha value is -3.35. The monoisotopic (exact) mass is 351 g/mol. The second-order valence-electron chi connectivity index (χ2n) is 6.25. The molecule has 0 fully saturated rings. The molecule has 7 heteroatoms. The van der Waals surface area contributed by atoms with E-state index in [0.29, 0.717) is 22.6 Å². The number of fused-ring (bicyclic) bond motifs is 1. The lowest BCUT2D eigenvalue weighted by Crippen LogP contribution is -2.34. The first-order valence-corrected chi connectivity index (χ1v) is 8.20. The van der Waals surface area contributed by atoms with Gasteiger partial charge in [-0.2, -0.15) is 0 Å². The maximum Gasteiger partial charge on any atom is 0.317 e. The molecule has 2 aromatic heterocycles. The van der Waals surface area contributed by atoms with Crippen molar-refractivity contribution in [3.63, 3.8) is 0 Å². The van der Waals surface area contributed by atoms with Crippen LogP contribution < -0.4 is 11.1 Å². The molecule has 0 radical (unpaired) electrons. The minimum atomic E-state index is -0.219. The SMILES string of the molecule is Cc1c(N)c2ccccc2n1C(=O)c1ccnc(CNC(=O)N(C)C)c1. The molecule has 3 N–H and O–H groups in total. The summed E-state index contributed by atoms with van der Waals surface area (Å²) in [7, 11) is 3.32. The lowest BCUT2D eigenvalue weighted by Gasteiger charge is -2.12. The number of amides is 2. The number of nitrogens with one attached hydrogen (secondary N) is 1.